The van der Waals surface area contributed by atoms with Crippen molar-refractivity contribution >= 4 is 56.1 Å². The summed E-state index contributed by atoms with van der Waals surface area (Å²) in [6.07, 6.45) is 0. The van der Waals surface area contributed by atoms with Gasteiger partial charge in [0.2, 0.25) is 0 Å². The molecule has 0 radical (unpaired) electrons. The van der Waals surface area contributed by atoms with Gasteiger partial charge in [-0.15, -0.1) is 0 Å². The summed E-state index contributed by atoms with van der Waals surface area (Å²) in [6.45, 7) is 8.34. The topological polar surface area (TPSA) is 31.6 Å². The molecule has 0 bridgehead atoms. The molecule has 1 aliphatic rings. The largest absolute Gasteiger partial charge is 0.495 e. The summed E-state index contributed by atoms with van der Waals surface area (Å²) in [5.41, 5.74) is 2.03. The zero-order valence-electron chi connectivity index (χ0n) is 17.7. The van der Waals surface area contributed by atoms with E-state index in [9.17, 15) is 0 Å². The lowest BCUT2D eigenvalue weighted by atomic mass is 9.75. The Bertz CT molecular complexity index is 1450. The van der Waals surface area contributed by atoms with Crippen molar-refractivity contribution in [1.29, 1.82) is 0 Å². The van der Waals surface area contributed by atoms with Crippen LogP contribution in [-0.2, 0) is 9.31 Å². The van der Waals surface area contributed by atoms with Gasteiger partial charge >= 0.3 is 7.12 Å². The van der Waals surface area contributed by atoms with Crippen molar-refractivity contribution in [1.82, 2.24) is 0 Å². The van der Waals surface area contributed by atoms with Gasteiger partial charge in [0.05, 0.1) is 11.2 Å². The Morgan fingerprint density at radius 3 is 2.03 bits per heavy atom. The van der Waals surface area contributed by atoms with E-state index >= 15 is 0 Å². The quantitative estimate of drug-likeness (QED) is 0.318. The summed E-state index contributed by atoms with van der Waals surface area (Å²) in [6, 6.07) is 23.3. The van der Waals surface area contributed by atoms with Crippen molar-refractivity contribution < 1.29 is 13.7 Å². The van der Waals surface area contributed by atoms with E-state index in [0.717, 1.165) is 43.6 Å². The van der Waals surface area contributed by atoms with Gasteiger partial charge in [-0.25, -0.2) is 0 Å². The Labute approximate surface area is 175 Å². The van der Waals surface area contributed by atoms with E-state index in [1.807, 2.05) is 0 Å². The van der Waals surface area contributed by atoms with Crippen LogP contribution in [0.1, 0.15) is 27.7 Å². The van der Waals surface area contributed by atoms with Gasteiger partial charge in [0.15, 0.2) is 0 Å². The molecule has 5 aromatic rings. The SMILES string of the molecule is CC1(C)OB(c2cc3oc4c5ccccc5ccc4c3c3ccccc23)OC1(C)C. The van der Waals surface area contributed by atoms with Crippen LogP contribution in [0.15, 0.2) is 71.1 Å². The highest BCUT2D eigenvalue weighted by molar-refractivity contribution is 6.66. The molecule has 1 aromatic heterocycles. The zero-order valence-corrected chi connectivity index (χ0v) is 17.7. The Hall–Kier alpha value is -2.82. The molecule has 0 saturated carbocycles. The minimum absolute atomic E-state index is 0.391. The smallest absolute Gasteiger partial charge is 0.455 e. The van der Waals surface area contributed by atoms with E-state index in [4.69, 9.17) is 13.7 Å². The zero-order chi connectivity index (χ0) is 20.7. The third-order valence-electron chi connectivity index (χ3n) is 6.91. The molecule has 6 rings (SSSR count). The van der Waals surface area contributed by atoms with Crippen molar-refractivity contribution in [2.75, 3.05) is 0 Å². The summed E-state index contributed by atoms with van der Waals surface area (Å²) >= 11 is 0. The van der Waals surface area contributed by atoms with Crippen LogP contribution < -0.4 is 5.46 Å². The van der Waals surface area contributed by atoms with Gasteiger partial charge in [-0.3, -0.25) is 0 Å². The number of furan rings is 1. The Morgan fingerprint density at radius 1 is 0.667 bits per heavy atom. The first-order chi connectivity index (χ1) is 14.4. The second-order valence-corrected chi connectivity index (χ2v) is 9.24. The van der Waals surface area contributed by atoms with Crippen LogP contribution in [0.25, 0.3) is 43.5 Å². The van der Waals surface area contributed by atoms with Crippen LogP contribution in [0.5, 0.6) is 0 Å². The predicted octanol–water partition coefficient (Wildman–Crippen LogP) is 6.19. The van der Waals surface area contributed by atoms with Crippen molar-refractivity contribution in [3.8, 4) is 0 Å². The van der Waals surface area contributed by atoms with Crippen molar-refractivity contribution in [2.45, 2.75) is 38.9 Å². The van der Waals surface area contributed by atoms with E-state index in [1.54, 1.807) is 0 Å². The maximum Gasteiger partial charge on any atom is 0.495 e. The van der Waals surface area contributed by atoms with Gasteiger partial charge in [0, 0.05) is 16.2 Å². The molecule has 0 atom stereocenters. The van der Waals surface area contributed by atoms with E-state index in [0.29, 0.717) is 0 Å². The number of rotatable bonds is 1. The molecule has 4 aromatic carbocycles. The van der Waals surface area contributed by atoms with E-state index in [-0.39, 0.29) is 0 Å². The maximum atomic E-state index is 6.47. The molecule has 1 saturated heterocycles. The average molecular weight is 394 g/mol. The van der Waals surface area contributed by atoms with Gasteiger partial charge in [-0.2, -0.15) is 0 Å². The van der Waals surface area contributed by atoms with Crippen LogP contribution in [0.4, 0.5) is 0 Å². The standard InChI is InChI=1S/C26H23BO3/c1-25(2)26(3,4)30-27(29-25)21-15-22-23(19-12-8-7-11-18(19)21)20-14-13-16-9-5-6-10-17(16)24(20)28-22/h5-15H,1-4H3. The molecule has 148 valence electrons. The summed E-state index contributed by atoms with van der Waals surface area (Å²) in [4.78, 5) is 0. The van der Waals surface area contributed by atoms with Crippen LogP contribution in [0.3, 0.4) is 0 Å². The first-order valence-corrected chi connectivity index (χ1v) is 10.5. The molecule has 2 heterocycles. The van der Waals surface area contributed by atoms with Gasteiger partial charge in [0.25, 0.3) is 0 Å². The normalized spacial score (nSPS) is 18.2. The highest BCUT2D eigenvalue weighted by atomic mass is 16.7. The fraction of sp³-hybridized carbons (Fsp3) is 0.231. The average Bonchev–Trinajstić information content (AvgIpc) is 3.21. The Kier molecular flexibility index (Phi) is 3.52. The molecule has 0 unspecified atom stereocenters. The lowest BCUT2D eigenvalue weighted by Crippen LogP contribution is -2.41. The Morgan fingerprint density at radius 2 is 1.30 bits per heavy atom. The molecule has 1 aliphatic heterocycles. The third-order valence-corrected chi connectivity index (χ3v) is 6.91. The number of hydrogen-bond acceptors (Lipinski definition) is 3. The maximum absolute atomic E-state index is 6.47. The highest BCUT2D eigenvalue weighted by Crippen LogP contribution is 2.40. The van der Waals surface area contributed by atoms with Crippen LogP contribution >= 0.6 is 0 Å². The van der Waals surface area contributed by atoms with Crippen LogP contribution in [0, 0.1) is 0 Å². The Balaban J connectivity index is 1.69. The second-order valence-electron chi connectivity index (χ2n) is 9.24. The van der Waals surface area contributed by atoms with E-state index in [2.05, 4.69) is 94.4 Å². The monoisotopic (exact) mass is 394 g/mol. The summed E-state index contributed by atoms with van der Waals surface area (Å²) < 4.78 is 19.2. The lowest BCUT2D eigenvalue weighted by Gasteiger charge is -2.32. The van der Waals surface area contributed by atoms with Gasteiger partial charge in [-0.1, -0.05) is 54.6 Å². The molecule has 3 nitrogen and oxygen atoms in total. The summed E-state index contributed by atoms with van der Waals surface area (Å²) in [5, 5.41) is 6.90. The molecular formula is C26H23BO3. The van der Waals surface area contributed by atoms with E-state index < -0.39 is 18.3 Å². The minimum atomic E-state index is -0.436. The fourth-order valence-corrected chi connectivity index (χ4v) is 4.56. The summed E-state index contributed by atoms with van der Waals surface area (Å²) in [5.74, 6) is 0. The molecule has 0 amide bonds. The number of benzene rings is 4. The molecule has 0 aliphatic carbocycles. The molecule has 0 N–H and O–H groups in total. The minimum Gasteiger partial charge on any atom is -0.455 e. The number of hydrogen-bond donors (Lipinski definition) is 0. The first-order valence-electron chi connectivity index (χ1n) is 10.5. The first kappa shape index (κ1) is 18.0. The van der Waals surface area contributed by atoms with Gasteiger partial charge in [0.1, 0.15) is 11.2 Å². The lowest BCUT2D eigenvalue weighted by molar-refractivity contribution is 0.00578. The molecule has 1 fully saturated rings. The fourth-order valence-electron chi connectivity index (χ4n) is 4.56. The van der Waals surface area contributed by atoms with E-state index in [1.165, 1.54) is 5.39 Å². The second kappa shape index (κ2) is 5.87. The van der Waals surface area contributed by atoms with Crippen LogP contribution in [0.2, 0.25) is 0 Å². The van der Waals surface area contributed by atoms with Gasteiger partial charge < -0.3 is 13.7 Å². The van der Waals surface area contributed by atoms with Crippen molar-refractivity contribution in [2.24, 2.45) is 0 Å². The molecule has 4 heteroatoms. The summed E-state index contributed by atoms with van der Waals surface area (Å²) in [7, 11) is -0.436. The highest BCUT2D eigenvalue weighted by Gasteiger charge is 2.52. The van der Waals surface area contributed by atoms with Crippen LogP contribution in [-0.4, -0.2) is 18.3 Å². The van der Waals surface area contributed by atoms with Gasteiger partial charge in [-0.05, 0) is 61.4 Å². The number of fused-ring (bicyclic) bond motifs is 7. The van der Waals surface area contributed by atoms with Crippen molar-refractivity contribution in [3.05, 3.63) is 66.7 Å². The van der Waals surface area contributed by atoms with Crippen molar-refractivity contribution in [3.63, 3.8) is 0 Å². The molecule has 30 heavy (non-hydrogen) atoms. The molecule has 0 spiro atoms. The third kappa shape index (κ3) is 2.35. The predicted molar refractivity (Wildman–Crippen MR) is 124 cm³/mol. The molecular weight excluding hydrogens is 371 g/mol.